The van der Waals surface area contributed by atoms with Gasteiger partial charge in [-0.2, -0.15) is 0 Å². The Hall–Kier alpha value is -0.990. The lowest BCUT2D eigenvalue weighted by atomic mass is 9.78. The maximum absolute atomic E-state index is 11.5. The fraction of sp³-hybridized carbons (Fsp3) is 0.700. The predicted molar refractivity (Wildman–Crippen MR) is 47.2 cm³/mol. The first kappa shape index (κ1) is 10.1. The van der Waals surface area contributed by atoms with Gasteiger partial charge in [0.1, 0.15) is 17.3 Å². The normalized spacial score (nSPS) is 29.1. The van der Waals surface area contributed by atoms with Crippen LogP contribution in [0.15, 0.2) is 0 Å². The summed E-state index contributed by atoms with van der Waals surface area (Å²) in [5, 5.41) is 0. The van der Waals surface area contributed by atoms with E-state index in [-0.39, 0.29) is 29.7 Å². The number of hydrogen-bond donors (Lipinski definition) is 0. The standard InChI is InChI=1S/C10H14O3/c1-6-3-4-9(12)8(10(6)13)5-7(2)11/h6,8H,3-5H2,1-2H3. The van der Waals surface area contributed by atoms with Crippen molar-refractivity contribution in [2.45, 2.75) is 33.1 Å². The summed E-state index contributed by atoms with van der Waals surface area (Å²) < 4.78 is 0. The van der Waals surface area contributed by atoms with Crippen LogP contribution in [-0.4, -0.2) is 17.3 Å². The number of carbonyl (C=O) groups is 3. The molecule has 0 N–H and O–H groups in total. The zero-order chi connectivity index (χ0) is 10.0. The average molecular weight is 182 g/mol. The molecule has 3 nitrogen and oxygen atoms in total. The highest BCUT2D eigenvalue weighted by molar-refractivity contribution is 6.07. The highest BCUT2D eigenvalue weighted by atomic mass is 16.2. The Kier molecular flexibility index (Phi) is 2.96. The smallest absolute Gasteiger partial charge is 0.146 e. The van der Waals surface area contributed by atoms with Crippen molar-refractivity contribution in [2.24, 2.45) is 11.8 Å². The molecule has 0 heterocycles. The van der Waals surface area contributed by atoms with Crippen LogP contribution in [-0.2, 0) is 14.4 Å². The van der Waals surface area contributed by atoms with Gasteiger partial charge in [0.05, 0.1) is 5.92 Å². The predicted octanol–water partition coefficient (Wildman–Crippen LogP) is 1.15. The minimum Gasteiger partial charge on any atom is -0.300 e. The summed E-state index contributed by atoms with van der Waals surface area (Å²) in [5.74, 6) is -0.881. The lowest BCUT2D eigenvalue weighted by Crippen LogP contribution is -2.35. The number of Topliss-reactive ketones (excluding diaryl/α,β-unsaturated/α-hetero) is 3. The molecular formula is C10H14O3. The zero-order valence-electron chi connectivity index (χ0n) is 8.00. The maximum Gasteiger partial charge on any atom is 0.146 e. The number of hydrogen-bond acceptors (Lipinski definition) is 3. The molecule has 0 radical (unpaired) electrons. The molecule has 1 aliphatic carbocycles. The molecule has 0 spiro atoms. The van der Waals surface area contributed by atoms with Crippen molar-refractivity contribution in [3.05, 3.63) is 0 Å². The van der Waals surface area contributed by atoms with Gasteiger partial charge in [0.15, 0.2) is 0 Å². The van der Waals surface area contributed by atoms with E-state index in [4.69, 9.17) is 0 Å². The monoisotopic (exact) mass is 182 g/mol. The minimum absolute atomic E-state index is 0.0496. The van der Waals surface area contributed by atoms with Gasteiger partial charge in [0.25, 0.3) is 0 Å². The Labute approximate surface area is 77.5 Å². The van der Waals surface area contributed by atoms with Crippen LogP contribution >= 0.6 is 0 Å². The Morgan fingerprint density at radius 1 is 1.46 bits per heavy atom. The highest BCUT2D eigenvalue weighted by Gasteiger charge is 2.35. The molecule has 1 rings (SSSR count). The summed E-state index contributed by atoms with van der Waals surface area (Å²) in [6.07, 6.45) is 1.19. The molecule has 13 heavy (non-hydrogen) atoms. The van der Waals surface area contributed by atoms with Crippen molar-refractivity contribution in [2.75, 3.05) is 0 Å². The van der Waals surface area contributed by atoms with E-state index in [9.17, 15) is 14.4 Å². The Bertz CT molecular complexity index is 255. The van der Waals surface area contributed by atoms with Crippen LogP contribution in [0.5, 0.6) is 0 Å². The Morgan fingerprint density at radius 3 is 2.62 bits per heavy atom. The van der Waals surface area contributed by atoms with Crippen molar-refractivity contribution in [3.8, 4) is 0 Å². The summed E-state index contributed by atoms with van der Waals surface area (Å²) in [5.41, 5.74) is 0. The van der Waals surface area contributed by atoms with Gasteiger partial charge in [-0.25, -0.2) is 0 Å². The molecule has 1 aliphatic rings. The second kappa shape index (κ2) is 3.81. The molecule has 0 aromatic rings. The summed E-state index contributed by atoms with van der Waals surface area (Å²) >= 11 is 0. The molecule has 2 unspecified atom stereocenters. The van der Waals surface area contributed by atoms with Gasteiger partial charge >= 0.3 is 0 Å². The number of carbonyl (C=O) groups excluding carboxylic acids is 3. The third-order valence-electron chi connectivity index (χ3n) is 2.53. The van der Waals surface area contributed by atoms with Crippen molar-refractivity contribution in [1.82, 2.24) is 0 Å². The summed E-state index contributed by atoms with van der Waals surface area (Å²) in [4.78, 5) is 33.6. The molecule has 0 saturated heterocycles. The lowest BCUT2D eigenvalue weighted by Gasteiger charge is -2.23. The Balaban J connectivity index is 2.72. The zero-order valence-corrected chi connectivity index (χ0v) is 8.00. The first-order chi connectivity index (χ1) is 6.02. The van der Waals surface area contributed by atoms with Gasteiger partial charge in [-0.05, 0) is 13.3 Å². The van der Waals surface area contributed by atoms with Crippen LogP contribution in [0.1, 0.15) is 33.1 Å². The highest BCUT2D eigenvalue weighted by Crippen LogP contribution is 2.24. The van der Waals surface area contributed by atoms with E-state index in [0.717, 1.165) is 0 Å². The number of ketones is 3. The fourth-order valence-electron chi connectivity index (χ4n) is 1.68. The molecule has 0 aromatic heterocycles. The molecule has 72 valence electrons. The molecular weight excluding hydrogens is 168 g/mol. The van der Waals surface area contributed by atoms with E-state index < -0.39 is 5.92 Å². The van der Waals surface area contributed by atoms with Crippen molar-refractivity contribution >= 4 is 17.3 Å². The van der Waals surface area contributed by atoms with E-state index in [0.29, 0.717) is 12.8 Å². The topological polar surface area (TPSA) is 51.2 Å². The van der Waals surface area contributed by atoms with Crippen molar-refractivity contribution in [3.63, 3.8) is 0 Å². The fourth-order valence-corrected chi connectivity index (χ4v) is 1.68. The average Bonchev–Trinajstić information content (AvgIpc) is 2.05. The first-order valence-electron chi connectivity index (χ1n) is 4.58. The van der Waals surface area contributed by atoms with E-state index in [2.05, 4.69) is 0 Å². The molecule has 0 aliphatic heterocycles. The summed E-state index contributed by atoms with van der Waals surface area (Å²) in [6.45, 7) is 3.24. The third-order valence-corrected chi connectivity index (χ3v) is 2.53. The van der Waals surface area contributed by atoms with Crippen LogP contribution in [0.2, 0.25) is 0 Å². The molecule has 0 amide bonds. The molecule has 2 atom stereocenters. The van der Waals surface area contributed by atoms with Gasteiger partial charge in [-0.15, -0.1) is 0 Å². The van der Waals surface area contributed by atoms with Crippen molar-refractivity contribution < 1.29 is 14.4 Å². The van der Waals surface area contributed by atoms with E-state index in [1.54, 1.807) is 0 Å². The second-order valence-corrected chi connectivity index (χ2v) is 3.77. The number of rotatable bonds is 2. The van der Waals surface area contributed by atoms with Crippen LogP contribution < -0.4 is 0 Å². The van der Waals surface area contributed by atoms with Crippen molar-refractivity contribution in [1.29, 1.82) is 0 Å². The van der Waals surface area contributed by atoms with Crippen LogP contribution in [0.25, 0.3) is 0 Å². The minimum atomic E-state index is -0.638. The van der Waals surface area contributed by atoms with Gasteiger partial charge in [-0.1, -0.05) is 6.92 Å². The maximum atomic E-state index is 11.5. The van der Waals surface area contributed by atoms with Crippen LogP contribution in [0.3, 0.4) is 0 Å². The van der Waals surface area contributed by atoms with Gasteiger partial charge < -0.3 is 0 Å². The Morgan fingerprint density at radius 2 is 2.08 bits per heavy atom. The summed E-state index contributed by atoms with van der Waals surface area (Å²) in [7, 11) is 0. The van der Waals surface area contributed by atoms with Gasteiger partial charge in [-0.3, -0.25) is 14.4 Å². The SMILES string of the molecule is CC(=O)CC1C(=O)CCC(C)C1=O. The van der Waals surface area contributed by atoms with E-state index >= 15 is 0 Å². The quantitative estimate of drug-likeness (QED) is 0.602. The summed E-state index contributed by atoms with van der Waals surface area (Å²) in [6, 6.07) is 0. The lowest BCUT2D eigenvalue weighted by molar-refractivity contribution is -0.141. The first-order valence-corrected chi connectivity index (χ1v) is 4.58. The molecule has 0 bridgehead atoms. The van der Waals surface area contributed by atoms with Crippen LogP contribution in [0.4, 0.5) is 0 Å². The molecule has 1 fully saturated rings. The van der Waals surface area contributed by atoms with Crippen LogP contribution in [0, 0.1) is 11.8 Å². The molecule has 0 aromatic carbocycles. The van der Waals surface area contributed by atoms with Gasteiger partial charge in [0.2, 0.25) is 0 Å². The van der Waals surface area contributed by atoms with Gasteiger partial charge in [0, 0.05) is 18.8 Å². The molecule has 3 heteroatoms. The third kappa shape index (κ3) is 2.23. The second-order valence-electron chi connectivity index (χ2n) is 3.77. The largest absolute Gasteiger partial charge is 0.300 e. The molecule has 1 saturated carbocycles. The van der Waals surface area contributed by atoms with E-state index in [1.165, 1.54) is 6.92 Å². The van der Waals surface area contributed by atoms with E-state index in [1.807, 2.05) is 6.92 Å².